The lowest BCUT2D eigenvalue weighted by Gasteiger charge is -2.34. The van der Waals surface area contributed by atoms with E-state index in [9.17, 15) is 13.2 Å². The third kappa shape index (κ3) is 5.57. The van der Waals surface area contributed by atoms with Crippen molar-refractivity contribution in [1.82, 2.24) is 9.62 Å². The molecule has 0 unspecified atom stereocenters. The van der Waals surface area contributed by atoms with Crippen molar-refractivity contribution < 1.29 is 13.2 Å². The van der Waals surface area contributed by atoms with Gasteiger partial charge in [0.15, 0.2) is 0 Å². The average Bonchev–Trinajstić information content (AvgIpc) is 2.59. The quantitative estimate of drug-likeness (QED) is 0.700. The highest BCUT2D eigenvalue weighted by molar-refractivity contribution is 7.89. The van der Waals surface area contributed by atoms with Crippen molar-refractivity contribution in [2.45, 2.75) is 96.5 Å². The van der Waals surface area contributed by atoms with E-state index in [4.69, 9.17) is 0 Å². The molecule has 1 aromatic carbocycles. The van der Waals surface area contributed by atoms with Gasteiger partial charge in [-0.3, -0.25) is 4.79 Å². The zero-order valence-electron chi connectivity index (χ0n) is 18.0. The third-order valence-electron chi connectivity index (χ3n) is 5.58. The number of hydrogen-bond donors (Lipinski definition) is 1. The number of carbonyl (C=O) groups is 1. The molecule has 158 valence electrons. The molecule has 2 rings (SSSR count). The molecule has 1 atom stereocenters. The second-order valence-corrected chi connectivity index (χ2v) is 10.2. The minimum atomic E-state index is -3.75. The Bertz CT molecular complexity index is 760. The normalized spacial score (nSPS) is 16.9. The molecule has 0 saturated heterocycles. The second-order valence-electron chi connectivity index (χ2n) is 8.33. The number of aryl methyl sites for hydroxylation is 3. The fraction of sp³-hybridized carbons (Fsp3) is 0.682. The van der Waals surface area contributed by atoms with Gasteiger partial charge in [0.2, 0.25) is 15.9 Å². The molecule has 1 amide bonds. The first-order valence-corrected chi connectivity index (χ1v) is 12.0. The predicted octanol–water partition coefficient (Wildman–Crippen LogP) is 4.24. The van der Waals surface area contributed by atoms with Crippen molar-refractivity contribution in [3.05, 3.63) is 28.8 Å². The summed E-state index contributed by atoms with van der Waals surface area (Å²) in [5.41, 5.74) is 2.54. The van der Waals surface area contributed by atoms with Crippen LogP contribution in [-0.2, 0) is 14.8 Å². The van der Waals surface area contributed by atoms with Crippen LogP contribution >= 0.6 is 0 Å². The van der Waals surface area contributed by atoms with E-state index in [1.165, 1.54) is 4.31 Å². The van der Waals surface area contributed by atoms with Gasteiger partial charge in [0.1, 0.15) is 0 Å². The number of carbonyl (C=O) groups excluding carboxylic acids is 1. The molecule has 1 aromatic rings. The Kier molecular flexibility index (Phi) is 8.07. The van der Waals surface area contributed by atoms with E-state index >= 15 is 0 Å². The van der Waals surface area contributed by atoms with E-state index in [-0.39, 0.29) is 24.5 Å². The molecule has 0 spiro atoms. The zero-order chi connectivity index (χ0) is 20.9. The van der Waals surface area contributed by atoms with Crippen LogP contribution in [0, 0.1) is 20.8 Å². The molecule has 1 fully saturated rings. The van der Waals surface area contributed by atoms with Crippen LogP contribution in [0.1, 0.15) is 75.5 Å². The SMILES string of the molecule is CCC[C@@H](C)NC(=O)CN(C1CCCCC1)S(=O)(=O)c1c(C)cc(C)cc1C. The summed E-state index contributed by atoms with van der Waals surface area (Å²) in [6, 6.07) is 3.76. The summed E-state index contributed by atoms with van der Waals surface area (Å²) in [6.07, 6.45) is 6.66. The van der Waals surface area contributed by atoms with E-state index in [0.29, 0.717) is 4.90 Å². The highest BCUT2D eigenvalue weighted by atomic mass is 32.2. The Morgan fingerprint density at radius 2 is 1.71 bits per heavy atom. The van der Waals surface area contributed by atoms with Crippen LogP contribution < -0.4 is 5.32 Å². The highest BCUT2D eigenvalue weighted by Crippen LogP contribution is 2.31. The third-order valence-corrected chi connectivity index (χ3v) is 7.79. The Morgan fingerprint density at radius 3 is 2.25 bits per heavy atom. The van der Waals surface area contributed by atoms with Gasteiger partial charge >= 0.3 is 0 Å². The van der Waals surface area contributed by atoms with E-state index < -0.39 is 10.0 Å². The molecule has 1 aliphatic carbocycles. The fourth-order valence-electron chi connectivity index (χ4n) is 4.44. The van der Waals surface area contributed by atoms with Crippen molar-refractivity contribution in [2.24, 2.45) is 0 Å². The average molecular weight is 409 g/mol. The summed E-state index contributed by atoms with van der Waals surface area (Å²) in [5, 5.41) is 2.97. The first-order valence-electron chi connectivity index (χ1n) is 10.6. The van der Waals surface area contributed by atoms with Crippen LogP contribution in [0.25, 0.3) is 0 Å². The standard InChI is InChI=1S/C22H36N2O3S/c1-6-10-19(5)23-21(25)15-24(20-11-8-7-9-12-20)28(26,27)22-17(3)13-16(2)14-18(22)4/h13-14,19-20H,6-12,15H2,1-5H3,(H,23,25)/t19-/m1/s1. The molecule has 1 saturated carbocycles. The highest BCUT2D eigenvalue weighted by Gasteiger charge is 2.35. The molecule has 0 aliphatic heterocycles. The maximum Gasteiger partial charge on any atom is 0.244 e. The van der Waals surface area contributed by atoms with Gasteiger partial charge in [-0.15, -0.1) is 0 Å². The molecule has 1 aliphatic rings. The topological polar surface area (TPSA) is 66.5 Å². The van der Waals surface area contributed by atoms with Gasteiger partial charge in [-0.1, -0.05) is 50.3 Å². The molecule has 0 heterocycles. The number of nitrogens with one attached hydrogen (secondary N) is 1. The minimum Gasteiger partial charge on any atom is -0.353 e. The Balaban J connectivity index is 2.36. The van der Waals surface area contributed by atoms with Gasteiger partial charge in [0.25, 0.3) is 0 Å². The Hall–Kier alpha value is -1.40. The molecule has 1 N–H and O–H groups in total. The van der Waals surface area contributed by atoms with E-state index in [0.717, 1.165) is 61.6 Å². The molecule has 0 radical (unpaired) electrons. The number of rotatable bonds is 8. The van der Waals surface area contributed by atoms with Gasteiger partial charge in [-0.05, 0) is 58.1 Å². The largest absolute Gasteiger partial charge is 0.353 e. The maximum atomic E-state index is 13.7. The lowest BCUT2D eigenvalue weighted by Crippen LogP contribution is -2.48. The van der Waals surface area contributed by atoms with Crippen LogP contribution in [0.3, 0.4) is 0 Å². The second kappa shape index (κ2) is 9.88. The van der Waals surface area contributed by atoms with E-state index in [1.54, 1.807) is 0 Å². The van der Waals surface area contributed by atoms with Crippen LogP contribution in [0.4, 0.5) is 0 Å². The smallest absolute Gasteiger partial charge is 0.244 e. The van der Waals surface area contributed by atoms with Crippen molar-refractivity contribution in [1.29, 1.82) is 0 Å². The van der Waals surface area contributed by atoms with Crippen molar-refractivity contribution in [3.8, 4) is 0 Å². The molecule has 5 nitrogen and oxygen atoms in total. The first kappa shape index (κ1) is 22.9. The van der Waals surface area contributed by atoms with Crippen molar-refractivity contribution in [2.75, 3.05) is 6.54 Å². The monoisotopic (exact) mass is 408 g/mol. The van der Waals surface area contributed by atoms with Crippen LogP contribution in [0.5, 0.6) is 0 Å². The maximum absolute atomic E-state index is 13.7. The number of sulfonamides is 1. The summed E-state index contributed by atoms with van der Waals surface area (Å²) in [5.74, 6) is -0.211. The molecular formula is C22H36N2O3S. The van der Waals surface area contributed by atoms with Gasteiger partial charge in [-0.25, -0.2) is 8.42 Å². The first-order chi connectivity index (χ1) is 13.2. The Morgan fingerprint density at radius 1 is 1.14 bits per heavy atom. The summed E-state index contributed by atoms with van der Waals surface area (Å²) in [7, 11) is -3.75. The van der Waals surface area contributed by atoms with E-state index in [2.05, 4.69) is 12.2 Å². The number of nitrogens with zero attached hydrogens (tertiary/aromatic N) is 1. The van der Waals surface area contributed by atoms with E-state index in [1.807, 2.05) is 39.8 Å². The van der Waals surface area contributed by atoms with Crippen LogP contribution in [0.2, 0.25) is 0 Å². The van der Waals surface area contributed by atoms with Crippen molar-refractivity contribution in [3.63, 3.8) is 0 Å². The number of amides is 1. The predicted molar refractivity (Wildman–Crippen MR) is 114 cm³/mol. The summed E-state index contributed by atoms with van der Waals surface area (Å²) in [4.78, 5) is 13.0. The van der Waals surface area contributed by atoms with Gasteiger partial charge in [0.05, 0.1) is 11.4 Å². The van der Waals surface area contributed by atoms with Gasteiger partial charge in [-0.2, -0.15) is 4.31 Å². The van der Waals surface area contributed by atoms with Crippen LogP contribution in [0.15, 0.2) is 17.0 Å². The molecule has 28 heavy (non-hydrogen) atoms. The van der Waals surface area contributed by atoms with Crippen LogP contribution in [-0.4, -0.2) is 37.3 Å². The summed E-state index contributed by atoms with van der Waals surface area (Å²) < 4.78 is 28.8. The minimum absolute atomic E-state index is 0.0521. The molecule has 6 heteroatoms. The van der Waals surface area contributed by atoms with Gasteiger partial charge in [0, 0.05) is 12.1 Å². The lowest BCUT2D eigenvalue weighted by molar-refractivity contribution is -0.122. The Labute approximate surface area is 170 Å². The number of benzene rings is 1. The van der Waals surface area contributed by atoms with Gasteiger partial charge < -0.3 is 5.32 Å². The zero-order valence-corrected chi connectivity index (χ0v) is 18.9. The molecule has 0 aromatic heterocycles. The fourth-order valence-corrected chi connectivity index (χ4v) is 6.49. The lowest BCUT2D eigenvalue weighted by atomic mass is 9.95. The summed E-state index contributed by atoms with van der Waals surface area (Å²) >= 11 is 0. The molecular weight excluding hydrogens is 372 g/mol. The molecule has 0 bridgehead atoms. The summed E-state index contributed by atoms with van der Waals surface area (Å²) in [6.45, 7) is 9.59. The van der Waals surface area contributed by atoms with Crippen molar-refractivity contribution >= 4 is 15.9 Å². The number of hydrogen-bond acceptors (Lipinski definition) is 3.